The van der Waals surface area contributed by atoms with Crippen molar-refractivity contribution in [2.24, 2.45) is 4.99 Å². The maximum absolute atomic E-state index is 12.9. The molecule has 1 aliphatic carbocycles. The second-order valence-electron chi connectivity index (χ2n) is 9.54. The lowest BCUT2D eigenvalue weighted by molar-refractivity contribution is 0.0977. The zero-order valence-electron chi connectivity index (χ0n) is 22.0. The van der Waals surface area contributed by atoms with E-state index in [1.54, 1.807) is 14.2 Å². The van der Waals surface area contributed by atoms with Gasteiger partial charge in [0.2, 0.25) is 0 Å². The molecule has 2 aliphatic heterocycles. The van der Waals surface area contributed by atoms with E-state index in [0.717, 1.165) is 52.8 Å². The van der Waals surface area contributed by atoms with Crippen LogP contribution in [0.1, 0.15) is 23.2 Å². The molecule has 0 aromatic heterocycles. The molecule has 39 heavy (non-hydrogen) atoms. The summed E-state index contributed by atoms with van der Waals surface area (Å²) in [5, 5.41) is 0. The molecule has 0 amide bonds. The van der Waals surface area contributed by atoms with Gasteiger partial charge in [0.05, 0.1) is 26.5 Å². The van der Waals surface area contributed by atoms with E-state index in [1.165, 1.54) is 11.3 Å². The number of aliphatic imine (C=N–C) groups is 1. The summed E-state index contributed by atoms with van der Waals surface area (Å²) in [6, 6.07) is 23.8. The lowest BCUT2D eigenvalue weighted by Gasteiger charge is -2.31. The molecule has 6 rings (SSSR count). The zero-order chi connectivity index (χ0) is 26.8. The van der Waals surface area contributed by atoms with Crippen molar-refractivity contribution in [3.05, 3.63) is 126 Å². The van der Waals surface area contributed by atoms with Crippen molar-refractivity contribution in [3.63, 3.8) is 0 Å². The van der Waals surface area contributed by atoms with Gasteiger partial charge in [-0.05, 0) is 103 Å². The molecule has 0 radical (unpaired) electrons. The largest absolute Gasteiger partial charge is 0.497 e. The molecule has 0 saturated heterocycles. The minimum atomic E-state index is 0.0738. The van der Waals surface area contributed by atoms with Crippen LogP contribution in [0.4, 0.5) is 17.1 Å². The second kappa shape index (κ2) is 10.5. The van der Waals surface area contributed by atoms with Gasteiger partial charge < -0.3 is 19.3 Å². The molecule has 0 unspecified atom stereocenters. The maximum atomic E-state index is 12.9. The van der Waals surface area contributed by atoms with E-state index in [4.69, 9.17) is 14.5 Å². The van der Waals surface area contributed by atoms with Gasteiger partial charge in [0, 0.05) is 28.8 Å². The van der Waals surface area contributed by atoms with Crippen LogP contribution < -0.4 is 14.4 Å². The lowest BCUT2D eigenvalue weighted by atomic mass is 9.93. The first-order valence-corrected chi connectivity index (χ1v) is 13.0. The molecule has 194 valence electrons. The fraction of sp³-hybridized carbons (Fsp3) is 0.152. The molecule has 3 aliphatic rings. The van der Waals surface area contributed by atoms with Crippen molar-refractivity contribution in [1.82, 2.24) is 4.90 Å². The minimum absolute atomic E-state index is 0.0738. The first-order valence-electron chi connectivity index (χ1n) is 13.0. The van der Waals surface area contributed by atoms with Gasteiger partial charge in [0.25, 0.3) is 0 Å². The predicted molar refractivity (Wildman–Crippen MR) is 155 cm³/mol. The van der Waals surface area contributed by atoms with Gasteiger partial charge in [-0.25, -0.2) is 4.99 Å². The number of ether oxygens (including phenoxy) is 2. The number of benzene rings is 3. The van der Waals surface area contributed by atoms with E-state index < -0.39 is 0 Å². The van der Waals surface area contributed by atoms with Crippen molar-refractivity contribution in [3.8, 4) is 11.5 Å². The fourth-order valence-corrected chi connectivity index (χ4v) is 5.12. The number of ketones is 1. The Labute approximate surface area is 228 Å². The highest BCUT2D eigenvalue weighted by molar-refractivity contribution is 6.09. The van der Waals surface area contributed by atoms with Crippen LogP contribution >= 0.6 is 0 Å². The first kappa shape index (κ1) is 24.5. The van der Waals surface area contributed by atoms with Gasteiger partial charge in [-0.2, -0.15) is 0 Å². The van der Waals surface area contributed by atoms with E-state index >= 15 is 0 Å². The lowest BCUT2D eigenvalue weighted by Crippen LogP contribution is -2.30. The third-order valence-corrected chi connectivity index (χ3v) is 7.20. The summed E-state index contributed by atoms with van der Waals surface area (Å²) in [7, 11) is 3.35. The summed E-state index contributed by atoms with van der Waals surface area (Å²) in [6.45, 7) is 0.279. The van der Waals surface area contributed by atoms with Crippen LogP contribution in [-0.2, 0) is 0 Å². The van der Waals surface area contributed by atoms with Crippen molar-refractivity contribution >= 4 is 28.7 Å². The summed E-state index contributed by atoms with van der Waals surface area (Å²) in [5.41, 5.74) is 7.04. The number of fused-ring (bicyclic) bond motifs is 2. The average molecular weight is 516 g/mol. The Kier molecular flexibility index (Phi) is 6.59. The van der Waals surface area contributed by atoms with Crippen molar-refractivity contribution in [1.29, 1.82) is 0 Å². The van der Waals surface area contributed by atoms with Gasteiger partial charge in [0.1, 0.15) is 17.3 Å². The van der Waals surface area contributed by atoms with Crippen LogP contribution in [0.5, 0.6) is 11.5 Å². The summed E-state index contributed by atoms with van der Waals surface area (Å²) in [5.74, 6) is 2.50. The summed E-state index contributed by atoms with van der Waals surface area (Å²) in [6.07, 6.45) is 12.3. The van der Waals surface area contributed by atoms with E-state index in [0.29, 0.717) is 5.56 Å². The Morgan fingerprint density at radius 1 is 0.795 bits per heavy atom. The van der Waals surface area contributed by atoms with Crippen molar-refractivity contribution in [2.45, 2.75) is 12.8 Å². The number of hydrogen-bond acceptors (Lipinski definition) is 6. The molecule has 6 nitrogen and oxygen atoms in total. The molecule has 3 aromatic rings. The third-order valence-electron chi connectivity index (χ3n) is 7.20. The number of rotatable bonds is 6. The number of methoxy groups -OCH3 is 2. The van der Waals surface area contributed by atoms with E-state index in [9.17, 15) is 4.79 Å². The van der Waals surface area contributed by atoms with E-state index in [1.807, 2.05) is 59.5 Å². The Hall–Kier alpha value is -4.84. The summed E-state index contributed by atoms with van der Waals surface area (Å²) in [4.78, 5) is 21.9. The van der Waals surface area contributed by atoms with E-state index in [-0.39, 0.29) is 12.3 Å². The monoisotopic (exact) mass is 515 g/mol. The number of anilines is 2. The Balaban J connectivity index is 1.30. The molecule has 2 heterocycles. The molecular formula is C33H29N3O3. The van der Waals surface area contributed by atoms with Crippen LogP contribution in [0.2, 0.25) is 0 Å². The number of Topliss-reactive ketones (excluding diaryl/α,β-unsaturated/α-hetero) is 1. The predicted octanol–water partition coefficient (Wildman–Crippen LogP) is 7.13. The molecule has 0 N–H and O–H groups in total. The number of amidine groups is 1. The number of para-hydroxylation sites is 1. The smallest absolute Gasteiger partial charge is 0.184 e. The molecule has 3 aromatic carbocycles. The summed E-state index contributed by atoms with van der Waals surface area (Å²) < 4.78 is 10.8. The standard InChI is InChI=1S/C33H29N3O3/c1-38-28-16-12-26(13-17-28)36(27-14-18-29(39-2)19-15-27)25-10-7-23(8-11-25)24-9-20-33-34-31-6-4-3-5-30(31)32(37)22-35(33)21-24/h3-7,9-10,12-21H,8,11,22H2,1-2H3. The van der Waals surface area contributed by atoms with Crippen LogP contribution in [0.25, 0.3) is 0 Å². The van der Waals surface area contributed by atoms with Crippen LogP contribution in [0.3, 0.4) is 0 Å². The minimum Gasteiger partial charge on any atom is -0.497 e. The van der Waals surface area contributed by atoms with Gasteiger partial charge >= 0.3 is 0 Å². The summed E-state index contributed by atoms with van der Waals surface area (Å²) >= 11 is 0. The second-order valence-corrected chi connectivity index (χ2v) is 9.54. The number of carbonyl (C=O) groups is 1. The zero-order valence-corrected chi connectivity index (χ0v) is 22.0. The van der Waals surface area contributed by atoms with Crippen LogP contribution in [0, 0.1) is 0 Å². The van der Waals surface area contributed by atoms with Crippen LogP contribution in [-0.4, -0.2) is 37.3 Å². The molecule has 0 fully saturated rings. The quantitative estimate of drug-likeness (QED) is 0.350. The Morgan fingerprint density at radius 2 is 1.46 bits per heavy atom. The number of allylic oxidation sites excluding steroid dienone is 6. The van der Waals surface area contributed by atoms with Gasteiger partial charge in [-0.1, -0.05) is 18.2 Å². The average Bonchev–Trinajstić information content (AvgIpc) is 3.13. The normalized spacial score (nSPS) is 16.2. The fourth-order valence-electron chi connectivity index (χ4n) is 5.12. The molecular weight excluding hydrogens is 486 g/mol. The van der Waals surface area contributed by atoms with Crippen molar-refractivity contribution in [2.75, 3.05) is 25.7 Å². The highest BCUT2D eigenvalue weighted by Crippen LogP contribution is 2.37. The molecule has 0 spiro atoms. The molecule has 0 atom stereocenters. The van der Waals surface area contributed by atoms with Gasteiger partial charge in [-0.15, -0.1) is 0 Å². The van der Waals surface area contributed by atoms with Crippen LogP contribution in [0.15, 0.2) is 125 Å². The molecule has 0 saturated carbocycles. The highest BCUT2D eigenvalue weighted by atomic mass is 16.5. The first-order chi connectivity index (χ1) is 19.1. The molecule has 6 heteroatoms. The molecule has 0 bridgehead atoms. The number of nitrogens with zero attached hydrogens (tertiary/aromatic N) is 3. The Bertz CT molecular complexity index is 1510. The third kappa shape index (κ3) is 4.89. The number of carbonyl (C=O) groups excluding carboxylic acids is 1. The van der Waals surface area contributed by atoms with E-state index in [2.05, 4.69) is 53.6 Å². The van der Waals surface area contributed by atoms with Gasteiger partial charge in [-0.3, -0.25) is 4.79 Å². The number of hydrogen-bond donors (Lipinski definition) is 0. The Morgan fingerprint density at radius 3 is 2.08 bits per heavy atom. The highest BCUT2D eigenvalue weighted by Gasteiger charge is 2.24. The topological polar surface area (TPSA) is 54.4 Å². The SMILES string of the molecule is COc1ccc(N(C2=CC=C(C3=CN4CC(=O)c5ccccc5N=C4C=C3)CC2)c2ccc(OC)cc2)cc1. The van der Waals surface area contributed by atoms with Gasteiger partial charge in [0.15, 0.2) is 5.78 Å². The van der Waals surface area contributed by atoms with Crippen molar-refractivity contribution < 1.29 is 14.3 Å². The maximum Gasteiger partial charge on any atom is 0.184 e.